The summed E-state index contributed by atoms with van der Waals surface area (Å²) in [5.74, 6) is -0.462. The largest absolute Gasteiger partial charge is 0.492 e. The average molecular weight is 407 g/mol. The highest BCUT2D eigenvalue weighted by atomic mass is 19.1. The fourth-order valence-corrected chi connectivity index (χ4v) is 2.75. The molecule has 1 aliphatic heterocycles. The lowest BCUT2D eigenvalue weighted by molar-refractivity contribution is 0.00578. The number of carbonyl (C=O) groups excluding carboxylic acids is 1. The standard InChI is InChI=1S/C21H31BFNO5/c1-19(2,3)27-18(26)24-12-16(22-28-20(4,5)21(6,7)29-22)9-14-8-15(13-25)11-17(23)10-14/h8-11,25H,12-13H2,1-7H3,(H,24,26). The van der Waals surface area contributed by atoms with Gasteiger partial charge in [-0.3, -0.25) is 0 Å². The number of aliphatic hydroxyl groups excluding tert-OH is 1. The normalized spacial score (nSPS) is 18.7. The lowest BCUT2D eigenvalue weighted by atomic mass is 9.77. The molecule has 160 valence electrons. The number of aliphatic hydroxyl groups is 1. The van der Waals surface area contributed by atoms with E-state index in [2.05, 4.69) is 5.32 Å². The van der Waals surface area contributed by atoms with Crippen molar-refractivity contribution in [2.75, 3.05) is 6.54 Å². The molecule has 1 fully saturated rings. The van der Waals surface area contributed by atoms with Crippen LogP contribution in [0.3, 0.4) is 0 Å². The van der Waals surface area contributed by atoms with Crippen molar-refractivity contribution in [1.82, 2.24) is 5.32 Å². The Kier molecular flexibility index (Phi) is 6.82. The van der Waals surface area contributed by atoms with E-state index in [-0.39, 0.29) is 13.2 Å². The first-order chi connectivity index (χ1) is 13.2. The summed E-state index contributed by atoms with van der Waals surface area (Å²) in [6.07, 6.45) is 1.12. The van der Waals surface area contributed by atoms with Crippen molar-refractivity contribution in [3.8, 4) is 0 Å². The van der Waals surface area contributed by atoms with Crippen molar-refractivity contribution in [3.05, 3.63) is 40.6 Å². The minimum atomic E-state index is -0.726. The molecule has 0 aromatic heterocycles. The molecule has 0 atom stereocenters. The number of halogens is 1. The first-order valence-corrected chi connectivity index (χ1v) is 9.66. The van der Waals surface area contributed by atoms with E-state index in [1.54, 1.807) is 32.9 Å². The molecule has 1 amide bonds. The topological polar surface area (TPSA) is 77.0 Å². The van der Waals surface area contributed by atoms with Gasteiger partial charge in [0.2, 0.25) is 0 Å². The number of nitrogens with one attached hydrogen (secondary N) is 1. The summed E-state index contributed by atoms with van der Waals surface area (Å²) in [6, 6.07) is 4.28. The third-order valence-electron chi connectivity index (χ3n) is 4.91. The first kappa shape index (κ1) is 23.4. The molecular weight excluding hydrogens is 376 g/mol. The Balaban J connectivity index is 2.31. The summed E-state index contributed by atoms with van der Waals surface area (Å²) < 4.78 is 31.4. The summed E-state index contributed by atoms with van der Waals surface area (Å²) in [5, 5.41) is 12.0. The van der Waals surface area contributed by atoms with E-state index in [4.69, 9.17) is 14.0 Å². The zero-order chi connectivity index (χ0) is 22.0. The van der Waals surface area contributed by atoms with Gasteiger partial charge >= 0.3 is 13.2 Å². The SMILES string of the molecule is CC(C)(C)OC(=O)NCC(=Cc1cc(F)cc(CO)c1)B1OC(C)(C)C(C)(C)O1. The van der Waals surface area contributed by atoms with Gasteiger partial charge in [0.1, 0.15) is 11.4 Å². The number of hydrogen-bond donors (Lipinski definition) is 2. The molecule has 0 saturated carbocycles. The second-order valence-corrected chi connectivity index (χ2v) is 9.21. The van der Waals surface area contributed by atoms with Crippen LogP contribution in [0.1, 0.15) is 59.6 Å². The number of hydrogen-bond acceptors (Lipinski definition) is 5. The van der Waals surface area contributed by atoms with Crippen LogP contribution in [0.4, 0.5) is 9.18 Å². The lowest BCUT2D eigenvalue weighted by Gasteiger charge is -2.32. The van der Waals surface area contributed by atoms with E-state index in [0.717, 1.165) is 0 Å². The molecule has 0 unspecified atom stereocenters. The Labute approximate surface area is 172 Å². The predicted molar refractivity (Wildman–Crippen MR) is 111 cm³/mol. The van der Waals surface area contributed by atoms with Gasteiger partial charge in [-0.2, -0.15) is 0 Å². The molecule has 1 heterocycles. The predicted octanol–water partition coefficient (Wildman–Crippen LogP) is 3.86. The molecule has 1 aromatic rings. The van der Waals surface area contributed by atoms with Gasteiger partial charge in [0.15, 0.2) is 0 Å². The number of carbonyl (C=O) groups is 1. The quantitative estimate of drug-likeness (QED) is 0.725. The summed E-state index contributed by atoms with van der Waals surface area (Å²) in [5.41, 5.74) is -0.183. The number of amides is 1. The molecule has 6 nitrogen and oxygen atoms in total. The minimum absolute atomic E-state index is 0.0940. The van der Waals surface area contributed by atoms with E-state index < -0.39 is 35.8 Å². The van der Waals surface area contributed by atoms with E-state index in [1.807, 2.05) is 27.7 Å². The van der Waals surface area contributed by atoms with Crippen LogP contribution in [0, 0.1) is 5.82 Å². The van der Waals surface area contributed by atoms with Crippen LogP contribution in [0.2, 0.25) is 0 Å². The molecule has 1 aliphatic rings. The fraction of sp³-hybridized carbons (Fsp3) is 0.571. The zero-order valence-electron chi connectivity index (χ0n) is 18.3. The Morgan fingerprint density at radius 2 is 1.79 bits per heavy atom. The number of rotatable bonds is 5. The summed E-state index contributed by atoms with van der Waals surface area (Å²) in [4.78, 5) is 12.1. The van der Waals surface area contributed by atoms with Crippen molar-refractivity contribution in [1.29, 1.82) is 0 Å². The highest BCUT2D eigenvalue weighted by molar-refractivity contribution is 6.56. The monoisotopic (exact) mass is 407 g/mol. The molecule has 29 heavy (non-hydrogen) atoms. The van der Waals surface area contributed by atoms with E-state index in [1.165, 1.54) is 12.1 Å². The zero-order valence-corrected chi connectivity index (χ0v) is 18.3. The Morgan fingerprint density at radius 1 is 1.21 bits per heavy atom. The molecule has 2 rings (SSSR count). The summed E-state index contributed by atoms with van der Waals surface area (Å²) >= 11 is 0. The molecule has 0 bridgehead atoms. The van der Waals surface area contributed by atoms with Crippen molar-refractivity contribution < 1.29 is 28.3 Å². The van der Waals surface area contributed by atoms with Crippen LogP contribution in [0.15, 0.2) is 23.7 Å². The van der Waals surface area contributed by atoms with Gasteiger partial charge in [0.25, 0.3) is 0 Å². The van der Waals surface area contributed by atoms with Crippen LogP contribution in [0.25, 0.3) is 6.08 Å². The first-order valence-electron chi connectivity index (χ1n) is 9.66. The second kappa shape index (κ2) is 8.46. The van der Waals surface area contributed by atoms with Gasteiger partial charge in [0.05, 0.1) is 17.8 Å². The smallest absolute Gasteiger partial charge is 0.444 e. The highest BCUT2D eigenvalue weighted by Crippen LogP contribution is 2.38. The summed E-state index contributed by atoms with van der Waals surface area (Å²) in [6.45, 7) is 12.9. The molecule has 2 N–H and O–H groups in total. The fourth-order valence-electron chi connectivity index (χ4n) is 2.75. The number of benzene rings is 1. The maximum absolute atomic E-state index is 13.9. The van der Waals surface area contributed by atoms with Crippen LogP contribution in [0.5, 0.6) is 0 Å². The van der Waals surface area contributed by atoms with Crippen molar-refractivity contribution in [2.24, 2.45) is 0 Å². The summed E-state index contributed by atoms with van der Waals surface area (Å²) in [7, 11) is -0.726. The molecule has 1 saturated heterocycles. The maximum atomic E-state index is 13.9. The van der Waals surface area contributed by atoms with Gasteiger partial charge in [-0.25, -0.2) is 9.18 Å². The van der Waals surface area contributed by atoms with Gasteiger partial charge in [-0.15, -0.1) is 0 Å². The molecule has 1 aromatic carbocycles. The van der Waals surface area contributed by atoms with Crippen LogP contribution in [-0.2, 0) is 20.7 Å². The van der Waals surface area contributed by atoms with Gasteiger partial charge in [-0.05, 0) is 83.3 Å². The van der Waals surface area contributed by atoms with Crippen molar-refractivity contribution in [3.63, 3.8) is 0 Å². The number of alkyl carbamates (subject to hydrolysis) is 1. The van der Waals surface area contributed by atoms with E-state index in [0.29, 0.717) is 16.6 Å². The van der Waals surface area contributed by atoms with Gasteiger partial charge in [-0.1, -0.05) is 6.08 Å². The minimum Gasteiger partial charge on any atom is -0.444 e. The van der Waals surface area contributed by atoms with Crippen LogP contribution >= 0.6 is 0 Å². The Hall–Kier alpha value is -1.90. The van der Waals surface area contributed by atoms with Gasteiger partial charge < -0.3 is 24.5 Å². The molecule has 8 heteroatoms. The van der Waals surface area contributed by atoms with Gasteiger partial charge in [0, 0.05) is 6.54 Å². The number of ether oxygens (including phenoxy) is 1. The second-order valence-electron chi connectivity index (χ2n) is 9.21. The highest BCUT2D eigenvalue weighted by Gasteiger charge is 2.52. The Morgan fingerprint density at radius 3 is 2.31 bits per heavy atom. The third kappa shape index (κ3) is 6.29. The Bertz CT molecular complexity index is 770. The third-order valence-corrected chi connectivity index (χ3v) is 4.91. The lowest BCUT2D eigenvalue weighted by Crippen LogP contribution is -2.41. The average Bonchev–Trinajstić information content (AvgIpc) is 2.77. The molecule has 0 radical (unpaired) electrons. The molecule has 0 aliphatic carbocycles. The molecular formula is C21H31BFNO5. The maximum Gasteiger partial charge on any atom is 0.492 e. The van der Waals surface area contributed by atoms with Crippen molar-refractivity contribution >= 4 is 19.3 Å². The van der Waals surface area contributed by atoms with Crippen LogP contribution < -0.4 is 5.32 Å². The van der Waals surface area contributed by atoms with Crippen molar-refractivity contribution in [2.45, 2.75) is 71.9 Å². The van der Waals surface area contributed by atoms with E-state index >= 15 is 0 Å². The van der Waals surface area contributed by atoms with E-state index in [9.17, 15) is 14.3 Å². The van der Waals surface area contributed by atoms with Crippen LogP contribution in [-0.4, -0.2) is 41.7 Å². The molecule has 0 spiro atoms.